The van der Waals surface area contributed by atoms with Gasteiger partial charge in [-0.15, -0.1) is 0 Å². The number of nitrogens with zero attached hydrogens (tertiary/aromatic N) is 1. The summed E-state index contributed by atoms with van der Waals surface area (Å²) < 4.78 is 0. The van der Waals surface area contributed by atoms with Gasteiger partial charge in [0.25, 0.3) is 0 Å². The van der Waals surface area contributed by atoms with Gasteiger partial charge in [-0.1, -0.05) is 73.3 Å². The fourth-order valence-electron chi connectivity index (χ4n) is 3.85. The van der Waals surface area contributed by atoms with Gasteiger partial charge >= 0.3 is 0 Å². The van der Waals surface area contributed by atoms with Crippen LogP contribution in [0, 0.1) is 0 Å². The molecule has 0 heterocycles. The molecule has 5 heteroatoms. The van der Waals surface area contributed by atoms with E-state index in [2.05, 4.69) is 5.32 Å². The summed E-state index contributed by atoms with van der Waals surface area (Å²) in [6.45, 7) is 2.22. The zero-order valence-electron chi connectivity index (χ0n) is 16.9. The normalized spacial score (nSPS) is 15.5. The van der Waals surface area contributed by atoms with Crippen LogP contribution >= 0.6 is 11.6 Å². The van der Waals surface area contributed by atoms with Crippen LogP contribution in [0.2, 0.25) is 5.02 Å². The van der Waals surface area contributed by atoms with Crippen molar-refractivity contribution in [2.24, 2.45) is 0 Å². The van der Waals surface area contributed by atoms with E-state index in [1.807, 2.05) is 49.4 Å². The lowest BCUT2D eigenvalue weighted by atomic mass is 9.95. The van der Waals surface area contributed by atoms with Crippen molar-refractivity contribution in [2.45, 2.75) is 64.1 Å². The lowest BCUT2D eigenvalue weighted by Gasteiger charge is -2.31. The molecule has 0 radical (unpaired) electrons. The van der Waals surface area contributed by atoms with Crippen LogP contribution in [0.25, 0.3) is 0 Å². The Kier molecular flexibility index (Phi) is 7.70. The summed E-state index contributed by atoms with van der Waals surface area (Å²) >= 11 is 6.07. The zero-order valence-corrected chi connectivity index (χ0v) is 17.7. The van der Waals surface area contributed by atoms with Crippen molar-refractivity contribution in [1.29, 1.82) is 0 Å². The van der Waals surface area contributed by atoms with Gasteiger partial charge in [0, 0.05) is 17.6 Å². The molecule has 0 bridgehead atoms. The van der Waals surface area contributed by atoms with Crippen molar-refractivity contribution in [3.8, 4) is 0 Å². The predicted octanol–water partition coefficient (Wildman–Crippen LogP) is 4.75. The van der Waals surface area contributed by atoms with Crippen molar-refractivity contribution in [2.75, 3.05) is 0 Å². The summed E-state index contributed by atoms with van der Waals surface area (Å²) in [5.74, 6) is -0.158. The fourth-order valence-corrected chi connectivity index (χ4v) is 4.07. The summed E-state index contributed by atoms with van der Waals surface area (Å²) in [5.41, 5.74) is 1.85. The zero-order chi connectivity index (χ0) is 20.6. The Morgan fingerprint density at radius 1 is 1.03 bits per heavy atom. The number of hydrogen-bond donors (Lipinski definition) is 1. The molecule has 0 spiro atoms. The van der Waals surface area contributed by atoms with Gasteiger partial charge in [0.2, 0.25) is 11.8 Å². The van der Waals surface area contributed by atoms with Gasteiger partial charge in [0.15, 0.2) is 0 Å². The highest BCUT2D eigenvalue weighted by atomic mass is 35.5. The number of rotatable bonds is 7. The molecule has 4 nitrogen and oxygen atoms in total. The third-order valence-electron chi connectivity index (χ3n) is 5.56. The predicted molar refractivity (Wildman–Crippen MR) is 117 cm³/mol. The third kappa shape index (κ3) is 6.33. The maximum absolute atomic E-state index is 13.2. The van der Waals surface area contributed by atoms with E-state index in [4.69, 9.17) is 11.6 Å². The lowest BCUT2D eigenvalue weighted by molar-refractivity contribution is -0.140. The van der Waals surface area contributed by atoms with Crippen molar-refractivity contribution in [1.82, 2.24) is 10.2 Å². The molecule has 0 unspecified atom stereocenters. The quantitative estimate of drug-likeness (QED) is 0.713. The van der Waals surface area contributed by atoms with Gasteiger partial charge < -0.3 is 10.2 Å². The average molecular weight is 413 g/mol. The molecule has 1 saturated carbocycles. The lowest BCUT2D eigenvalue weighted by Crippen LogP contribution is -2.50. The van der Waals surface area contributed by atoms with Gasteiger partial charge in [-0.3, -0.25) is 9.59 Å². The summed E-state index contributed by atoms with van der Waals surface area (Å²) in [6, 6.07) is 16.8. The molecule has 1 N–H and O–H groups in total. The molecule has 1 aliphatic carbocycles. The molecule has 3 rings (SSSR count). The summed E-state index contributed by atoms with van der Waals surface area (Å²) in [6.07, 6.45) is 5.80. The Hall–Kier alpha value is -2.33. The van der Waals surface area contributed by atoms with E-state index in [1.54, 1.807) is 17.0 Å². The fraction of sp³-hybridized carbons (Fsp3) is 0.417. The summed E-state index contributed by atoms with van der Waals surface area (Å²) in [5, 5.41) is 3.76. The van der Waals surface area contributed by atoms with Crippen molar-refractivity contribution in [3.05, 3.63) is 70.7 Å². The van der Waals surface area contributed by atoms with Gasteiger partial charge in [-0.2, -0.15) is 0 Å². The first-order valence-electron chi connectivity index (χ1n) is 10.4. The SMILES string of the molecule is C[C@@H](C(=O)NC1CCCCC1)N(Cc1ccccc1)C(=O)Cc1cccc(Cl)c1. The molecule has 1 fully saturated rings. The molecule has 0 aliphatic heterocycles. The molecule has 2 aromatic rings. The highest BCUT2D eigenvalue weighted by molar-refractivity contribution is 6.30. The first-order chi connectivity index (χ1) is 14.0. The number of benzene rings is 2. The molecular formula is C24H29ClN2O2. The van der Waals surface area contributed by atoms with E-state index in [0.29, 0.717) is 11.6 Å². The number of hydrogen-bond acceptors (Lipinski definition) is 2. The van der Waals surface area contributed by atoms with Gasteiger partial charge in [-0.05, 0) is 43.0 Å². The Bertz CT molecular complexity index is 819. The number of carbonyl (C=O) groups is 2. The van der Waals surface area contributed by atoms with Crippen LogP contribution < -0.4 is 5.32 Å². The van der Waals surface area contributed by atoms with Gasteiger partial charge in [0.1, 0.15) is 6.04 Å². The Morgan fingerprint density at radius 2 is 1.72 bits per heavy atom. The van der Waals surface area contributed by atoms with Gasteiger partial charge in [0.05, 0.1) is 6.42 Å². The maximum atomic E-state index is 13.2. The molecule has 0 aromatic heterocycles. The first-order valence-corrected chi connectivity index (χ1v) is 10.8. The minimum atomic E-state index is -0.538. The third-order valence-corrected chi connectivity index (χ3v) is 5.79. The molecule has 2 amide bonds. The monoisotopic (exact) mass is 412 g/mol. The largest absolute Gasteiger partial charge is 0.352 e. The Labute approximate surface area is 178 Å². The highest BCUT2D eigenvalue weighted by Gasteiger charge is 2.28. The van der Waals surface area contributed by atoms with Crippen molar-refractivity contribution < 1.29 is 9.59 Å². The van der Waals surface area contributed by atoms with E-state index in [-0.39, 0.29) is 24.3 Å². The molecule has 1 atom stereocenters. The van der Waals surface area contributed by atoms with Crippen LogP contribution in [0.1, 0.15) is 50.2 Å². The maximum Gasteiger partial charge on any atom is 0.242 e. The second-order valence-electron chi connectivity index (χ2n) is 7.83. The van der Waals surface area contributed by atoms with E-state index in [0.717, 1.165) is 36.8 Å². The van der Waals surface area contributed by atoms with E-state index in [9.17, 15) is 9.59 Å². The van der Waals surface area contributed by atoms with Crippen LogP contribution in [0.4, 0.5) is 0 Å². The van der Waals surface area contributed by atoms with Crippen LogP contribution in [-0.2, 0) is 22.6 Å². The van der Waals surface area contributed by atoms with Crippen LogP contribution in [0.3, 0.4) is 0 Å². The molecule has 1 aliphatic rings. The summed E-state index contributed by atoms with van der Waals surface area (Å²) in [4.78, 5) is 27.8. The van der Waals surface area contributed by atoms with E-state index >= 15 is 0 Å². The number of nitrogens with one attached hydrogen (secondary N) is 1. The molecular weight excluding hydrogens is 384 g/mol. The second kappa shape index (κ2) is 10.4. The molecule has 29 heavy (non-hydrogen) atoms. The topological polar surface area (TPSA) is 49.4 Å². The minimum Gasteiger partial charge on any atom is -0.352 e. The first kappa shape index (κ1) is 21.4. The minimum absolute atomic E-state index is 0.0766. The smallest absolute Gasteiger partial charge is 0.242 e. The highest BCUT2D eigenvalue weighted by Crippen LogP contribution is 2.19. The van der Waals surface area contributed by atoms with Crippen LogP contribution in [0.5, 0.6) is 0 Å². The van der Waals surface area contributed by atoms with E-state index < -0.39 is 6.04 Å². The van der Waals surface area contributed by atoms with Crippen molar-refractivity contribution >= 4 is 23.4 Å². The molecule has 0 saturated heterocycles. The van der Waals surface area contributed by atoms with Gasteiger partial charge in [-0.25, -0.2) is 0 Å². The second-order valence-corrected chi connectivity index (χ2v) is 8.27. The summed E-state index contributed by atoms with van der Waals surface area (Å²) in [7, 11) is 0. The van der Waals surface area contributed by atoms with Crippen LogP contribution in [0.15, 0.2) is 54.6 Å². The number of carbonyl (C=O) groups excluding carboxylic acids is 2. The van der Waals surface area contributed by atoms with Crippen LogP contribution in [-0.4, -0.2) is 28.8 Å². The Morgan fingerprint density at radius 3 is 2.41 bits per heavy atom. The standard InChI is InChI=1S/C24H29ClN2O2/c1-18(24(29)26-22-13-6-3-7-14-22)27(17-19-9-4-2-5-10-19)23(28)16-20-11-8-12-21(25)15-20/h2,4-5,8-12,15,18,22H,3,6-7,13-14,16-17H2,1H3,(H,26,29)/t18-/m0/s1. The van der Waals surface area contributed by atoms with E-state index in [1.165, 1.54) is 6.42 Å². The average Bonchev–Trinajstić information content (AvgIpc) is 2.73. The number of amides is 2. The van der Waals surface area contributed by atoms with Crippen molar-refractivity contribution in [3.63, 3.8) is 0 Å². The number of halogens is 1. The molecule has 2 aromatic carbocycles. The Balaban J connectivity index is 1.73. The molecule has 154 valence electrons.